The molecule has 6 heterocycles. The quantitative estimate of drug-likeness (QED) is 0.286. The first kappa shape index (κ1) is 22.6. The molecule has 2 N–H and O–H groups in total. The first-order chi connectivity index (χ1) is 14.0. The predicted octanol–water partition coefficient (Wildman–Crippen LogP) is 2.03. The van der Waals surface area contributed by atoms with Gasteiger partial charge in [0.05, 0.1) is 0 Å². The molecule has 0 aromatic rings. The number of carbonyl (C=O) groups excluding carboxylic acids is 1. The molecule has 30 heavy (non-hydrogen) atoms. The predicted molar refractivity (Wildman–Crippen MR) is 104 cm³/mol. The van der Waals surface area contributed by atoms with Crippen LogP contribution in [0.4, 0.5) is 0 Å². The van der Waals surface area contributed by atoms with Crippen LogP contribution in [-0.4, -0.2) is 65.8 Å². The zero-order valence-electron chi connectivity index (χ0n) is 16.3. The summed E-state index contributed by atoms with van der Waals surface area (Å²) >= 11 is 0. The molecule has 0 radical (unpaired) electrons. The fraction of sp³-hybridized carbons (Fsp3) is 0.800. The summed E-state index contributed by atoms with van der Waals surface area (Å²) in [5.74, 6) is -5.02. The van der Waals surface area contributed by atoms with E-state index in [4.69, 9.17) is 32.2 Å². The van der Waals surface area contributed by atoms with Gasteiger partial charge in [0.15, 0.2) is 0 Å². The van der Waals surface area contributed by atoms with E-state index in [1.165, 1.54) is 13.6 Å². The molecule has 6 fully saturated rings. The van der Waals surface area contributed by atoms with E-state index in [0.29, 0.717) is 6.29 Å². The Balaban J connectivity index is 1.40. The van der Waals surface area contributed by atoms with Gasteiger partial charge in [-0.2, -0.15) is 0 Å². The van der Waals surface area contributed by atoms with Crippen molar-refractivity contribution in [3.8, 4) is 0 Å². The van der Waals surface area contributed by atoms with Crippen molar-refractivity contribution in [1.82, 2.24) is 0 Å². The van der Waals surface area contributed by atoms with Gasteiger partial charge in [0, 0.05) is 0 Å². The Hall–Kier alpha value is -0.540. The van der Waals surface area contributed by atoms with E-state index in [-0.39, 0.29) is 25.2 Å². The van der Waals surface area contributed by atoms with E-state index in [9.17, 15) is 24.1 Å². The van der Waals surface area contributed by atoms with Crippen LogP contribution in [0.25, 0.3) is 0 Å². The molecule has 4 unspecified atom stereocenters. The molecule has 15 heteroatoms. The third kappa shape index (κ3) is 3.98. The summed E-state index contributed by atoms with van der Waals surface area (Å²) in [7, 11) is -9.09. The maximum atomic E-state index is 13.4. The van der Waals surface area contributed by atoms with Gasteiger partial charge in [-0.15, -0.1) is 0 Å². The van der Waals surface area contributed by atoms with Gasteiger partial charge in [-0.05, 0) is 0 Å². The maximum absolute atomic E-state index is 13.4. The number of aldehydes is 1. The van der Waals surface area contributed by atoms with Crippen LogP contribution < -0.4 is 0 Å². The average molecular weight is 490 g/mol. The van der Waals surface area contributed by atoms with Crippen LogP contribution in [0, 0.1) is 17.8 Å². The van der Waals surface area contributed by atoms with E-state index in [1.807, 2.05) is 0 Å². The van der Waals surface area contributed by atoms with Crippen LogP contribution in [0.2, 0.25) is 0 Å². The van der Waals surface area contributed by atoms with Crippen molar-refractivity contribution in [2.75, 3.05) is 19.0 Å². The van der Waals surface area contributed by atoms with Gasteiger partial charge in [-0.25, -0.2) is 0 Å². The molecule has 4 bridgehead atoms. The summed E-state index contributed by atoms with van der Waals surface area (Å²) < 4.78 is 46.6. The average Bonchev–Trinajstić information content (AvgIpc) is 2.46. The van der Waals surface area contributed by atoms with Crippen LogP contribution in [-0.2, 0) is 46.1 Å². The molecule has 6 rings (SSSR count). The van der Waals surface area contributed by atoms with Gasteiger partial charge in [0.2, 0.25) is 0 Å². The minimum atomic E-state index is -3.04. The fourth-order valence-corrected chi connectivity index (χ4v) is 16.0. The van der Waals surface area contributed by atoms with Crippen molar-refractivity contribution in [3.63, 3.8) is 0 Å². The normalized spacial score (nSPS) is 34.6. The Morgan fingerprint density at radius 1 is 0.967 bits per heavy atom. The second kappa shape index (κ2) is 7.80. The molecular formula is C15H25O12P3. The van der Waals surface area contributed by atoms with Crippen molar-refractivity contribution >= 4 is 41.3 Å². The zero-order valence-corrected chi connectivity index (χ0v) is 19.2. The van der Waals surface area contributed by atoms with E-state index >= 15 is 0 Å². The molecular weight excluding hydrogens is 465 g/mol. The molecule has 0 aromatic carbocycles. The van der Waals surface area contributed by atoms with Crippen LogP contribution in [0.15, 0.2) is 0 Å². The molecule has 6 aliphatic heterocycles. The minimum absolute atomic E-state index is 0.0416. The molecule has 6 aliphatic rings. The number of rotatable bonds is 13. The van der Waals surface area contributed by atoms with E-state index < -0.39 is 71.1 Å². The molecule has 0 amide bonds. The van der Waals surface area contributed by atoms with Crippen LogP contribution in [0.3, 0.4) is 0 Å². The Kier molecular flexibility index (Phi) is 5.89. The van der Waals surface area contributed by atoms with Gasteiger partial charge in [0.25, 0.3) is 0 Å². The standard InChI is InChI=1S/C15H25O12P3/c1-8(12(17)18)3-10(13(19)20)4-9(5-16)6-28(2,21)7-11(29-22-14(23-29)24-29)30-25-15(26-30)27-30/h5,8-11,14-15,29-30H,3-4,6-7H2,1-2H3,(H,17,18)(H,19,20). The van der Waals surface area contributed by atoms with Crippen molar-refractivity contribution in [2.24, 2.45) is 17.8 Å². The summed E-state index contributed by atoms with van der Waals surface area (Å²) in [5.41, 5.74) is 0. The van der Waals surface area contributed by atoms with Crippen LogP contribution in [0.5, 0.6) is 0 Å². The summed E-state index contributed by atoms with van der Waals surface area (Å²) in [4.78, 5) is 34.2. The Morgan fingerprint density at radius 2 is 1.47 bits per heavy atom. The van der Waals surface area contributed by atoms with E-state index in [0.717, 1.165) is 0 Å². The molecule has 4 atom stereocenters. The van der Waals surface area contributed by atoms with Crippen LogP contribution >= 0.6 is 23.0 Å². The van der Waals surface area contributed by atoms with Gasteiger partial charge >= 0.3 is 172 Å². The molecule has 0 saturated carbocycles. The van der Waals surface area contributed by atoms with E-state index in [2.05, 4.69) is 0 Å². The number of hydrogen-bond donors (Lipinski definition) is 2. The second-order valence-electron chi connectivity index (χ2n) is 8.35. The van der Waals surface area contributed by atoms with Crippen molar-refractivity contribution in [2.45, 2.75) is 38.1 Å². The summed E-state index contributed by atoms with van der Waals surface area (Å²) in [6, 6.07) is 0. The topological polar surface area (TPSA) is 164 Å². The Bertz CT molecular complexity index is 744. The van der Waals surface area contributed by atoms with Gasteiger partial charge < -0.3 is 0 Å². The first-order valence-corrected chi connectivity index (χ1v) is 15.6. The van der Waals surface area contributed by atoms with Gasteiger partial charge in [-0.3, -0.25) is 0 Å². The number of carboxylic acids is 2. The molecule has 6 saturated heterocycles. The number of aliphatic carboxylic acids is 2. The van der Waals surface area contributed by atoms with Gasteiger partial charge in [0.1, 0.15) is 0 Å². The number of carboxylic acid groups (broad SMARTS) is 2. The molecule has 172 valence electrons. The number of hydrogen-bond acceptors (Lipinski definition) is 10. The third-order valence-electron chi connectivity index (χ3n) is 5.79. The Labute approximate surface area is 173 Å². The van der Waals surface area contributed by atoms with Crippen molar-refractivity contribution < 1.29 is 56.3 Å². The van der Waals surface area contributed by atoms with Crippen molar-refractivity contribution in [1.29, 1.82) is 0 Å². The van der Waals surface area contributed by atoms with E-state index in [1.54, 1.807) is 0 Å². The van der Waals surface area contributed by atoms with Crippen LogP contribution in [0.1, 0.15) is 19.8 Å². The molecule has 0 spiro atoms. The number of carbonyl (C=O) groups is 3. The third-order valence-corrected chi connectivity index (χ3v) is 16.2. The van der Waals surface area contributed by atoms with Gasteiger partial charge in [-0.1, -0.05) is 0 Å². The fourth-order valence-electron chi connectivity index (χ4n) is 4.11. The monoisotopic (exact) mass is 490 g/mol. The first-order valence-electron chi connectivity index (χ1n) is 9.51. The molecule has 12 nitrogen and oxygen atoms in total. The Morgan fingerprint density at radius 3 is 1.80 bits per heavy atom. The summed E-state index contributed by atoms with van der Waals surface area (Å²) in [6.07, 6.45) is 0.391. The second-order valence-corrected chi connectivity index (χ2v) is 17.5. The zero-order chi connectivity index (χ0) is 21.9. The molecule has 0 aromatic heterocycles. The molecule has 0 aliphatic carbocycles. The van der Waals surface area contributed by atoms with Crippen molar-refractivity contribution in [3.05, 3.63) is 0 Å². The SMILES string of the molecule is CC(CC(CC(C=O)CP(C)(=O)CC([PH]12OC(O1)O2)[PH]12OC(O1)O2)C(=O)O)C(=O)O. The summed E-state index contributed by atoms with van der Waals surface area (Å²) in [5, 5.41) is 17.9. The summed E-state index contributed by atoms with van der Waals surface area (Å²) in [6.45, 7) is 1.53.